The molecular formula is C11H23N3O2. The molecule has 0 heterocycles. The van der Waals surface area contributed by atoms with E-state index < -0.39 is 0 Å². The zero-order valence-corrected chi connectivity index (χ0v) is 10.6. The van der Waals surface area contributed by atoms with Crippen LogP contribution in [0.4, 0.5) is 0 Å². The third-order valence-electron chi connectivity index (χ3n) is 2.02. The fourth-order valence-corrected chi connectivity index (χ4v) is 1.05. The topological polar surface area (TPSA) is 70.2 Å². The van der Waals surface area contributed by atoms with Crippen molar-refractivity contribution in [1.82, 2.24) is 16.0 Å². The first kappa shape index (κ1) is 14.9. The number of amides is 2. The molecule has 0 saturated heterocycles. The van der Waals surface area contributed by atoms with Gasteiger partial charge in [0.2, 0.25) is 11.8 Å². The molecule has 5 nitrogen and oxygen atoms in total. The van der Waals surface area contributed by atoms with Crippen molar-refractivity contribution < 1.29 is 9.59 Å². The van der Waals surface area contributed by atoms with Crippen LogP contribution in [0.5, 0.6) is 0 Å². The van der Waals surface area contributed by atoms with Gasteiger partial charge in [0.05, 0.1) is 12.6 Å². The van der Waals surface area contributed by atoms with E-state index in [4.69, 9.17) is 0 Å². The Kier molecular flexibility index (Phi) is 7.54. The van der Waals surface area contributed by atoms with Crippen LogP contribution in [0.15, 0.2) is 0 Å². The molecule has 0 bridgehead atoms. The van der Waals surface area contributed by atoms with Crippen LogP contribution in [0.2, 0.25) is 0 Å². The smallest absolute Gasteiger partial charge is 0.236 e. The maximum atomic E-state index is 11.3. The summed E-state index contributed by atoms with van der Waals surface area (Å²) in [5, 5.41) is 8.33. The Morgan fingerprint density at radius 1 is 1.12 bits per heavy atom. The van der Waals surface area contributed by atoms with Crippen LogP contribution in [0.3, 0.4) is 0 Å². The minimum atomic E-state index is -0.343. The second-order valence-electron chi connectivity index (χ2n) is 4.20. The van der Waals surface area contributed by atoms with Crippen molar-refractivity contribution in [3.8, 4) is 0 Å². The van der Waals surface area contributed by atoms with E-state index in [2.05, 4.69) is 16.0 Å². The zero-order chi connectivity index (χ0) is 12.6. The molecule has 0 saturated carbocycles. The maximum Gasteiger partial charge on any atom is 0.236 e. The number of hydrogen-bond donors (Lipinski definition) is 3. The molecule has 0 radical (unpaired) electrons. The average molecular weight is 229 g/mol. The van der Waals surface area contributed by atoms with E-state index in [0.717, 1.165) is 0 Å². The largest absolute Gasteiger partial charge is 0.355 e. The first-order chi connectivity index (χ1) is 7.47. The average Bonchev–Trinajstić information content (AvgIpc) is 2.23. The predicted octanol–water partition coefficient (Wildman–Crippen LogP) is -0.127. The molecule has 0 aliphatic carbocycles. The molecular weight excluding hydrogens is 206 g/mol. The highest BCUT2D eigenvalue weighted by atomic mass is 16.2. The Morgan fingerprint density at radius 2 is 1.75 bits per heavy atom. The van der Waals surface area contributed by atoms with Gasteiger partial charge >= 0.3 is 0 Å². The van der Waals surface area contributed by atoms with E-state index in [1.807, 2.05) is 20.8 Å². The molecule has 0 aromatic heterocycles. The molecule has 0 aromatic carbocycles. The van der Waals surface area contributed by atoms with Crippen LogP contribution >= 0.6 is 0 Å². The van der Waals surface area contributed by atoms with Gasteiger partial charge in [-0.05, 0) is 19.8 Å². The molecule has 16 heavy (non-hydrogen) atoms. The van der Waals surface area contributed by atoms with Crippen molar-refractivity contribution in [3.63, 3.8) is 0 Å². The van der Waals surface area contributed by atoms with E-state index in [1.54, 1.807) is 6.92 Å². The molecule has 1 atom stereocenters. The monoisotopic (exact) mass is 229 g/mol. The molecule has 0 rings (SSSR count). The fraction of sp³-hybridized carbons (Fsp3) is 0.818. The summed E-state index contributed by atoms with van der Waals surface area (Å²) in [5.41, 5.74) is 0. The second kappa shape index (κ2) is 8.10. The third-order valence-corrected chi connectivity index (χ3v) is 2.02. The van der Waals surface area contributed by atoms with Crippen LogP contribution in [-0.2, 0) is 9.59 Å². The van der Waals surface area contributed by atoms with E-state index in [0.29, 0.717) is 19.0 Å². The number of carbonyl (C=O) groups is 2. The Labute approximate surface area is 97.4 Å². The second-order valence-corrected chi connectivity index (χ2v) is 4.20. The van der Waals surface area contributed by atoms with Crippen LogP contribution < -0.4 is 16.0 Å². The number of carbonyl (C=O) groups excluding carboxylic acids is 2. The summed E-state index contributed by atoms with van der Waals surface area (Å²) in [6, 6.07) is -0.343. The van der Waals surface area contributed by atoms with E-state index in [9.17, 15) is 9.59 Å². The van der Waals surface area contributed by atoms with Crippen molar-refractivity contribution in [2.24, 2.45) is 5.92 Å². The number of hydrogen-bond acceptors (Lipinski definition) is 3. The highest BCUT2D eigenvalue weighted by Crippen LogP contribution is 1.86. The van der Waals surface area contributed by atoms with Crippen molar-refractivity contribution in [1.29, 1.82) is 0 Å². The molecule has 1 unspecified atom stereocenters. The van der Waals surface area contributed by atoms with Gasteiger partial charge in [-0.1, -0.05) is 13.8 Å². The molecule has 94 valence electrons. The summed E-state index contributed by atoms with van der Waals surface area (Å²) in [7, 11) is 0. The Bertz CT molecular complexity index is 229. The first-order valence-corrected chi connectivity index (χ1v) is 5.75. The molecule has 0 aromatic rings. The van der Waals surface area contributed by atoms with Gasteiger partial charge in [-0.15, -0.1) is 0 Å². The van der Waals surface area contributed by atoms with Gasteiger partial charge in [0.1, 0.15) is 0 Å². The number of rotatable bonds is 7. The lowest BCUT2D eigenvalue weighted by Gasteiger charge is -2.13. The summed E-state index contributed by atoms with van der Waals surface area (Å²) < 4.78 is 0. The lowest BCUT2D eigenvalue weighted by molar-refractivity contribution is -0.123. The summed E-state index contributed by atoms with van der Waals surface area (Å²) >= 11 is 0. The van der Waals surface area contributed by atoms with Crippen molar-refractivity contribution >= 4 is 11.8 Å². The lowest BCUT2D eigenvalue weighted by Crippen LogP contribution is -2.46. The summed E-state index contributed by atoms with van der Waals surface area (Å²) in [6.45, 7) is 9.10. The normalized spacial score (nSPS) is 12.3. The van der Waals surface area contributed by atoms with Gasteiger partial charge in [0.25, 0.3) is 0 Å². The van der Waals surface area contributed by atoms with Gasteiger partial charge in [0.15, 0.2) is 0 Å². The number of likely N-dealkylation sites (N-methyl/N-ethyl adjacent to an activating group) is 1. The molecule has 0 fully saturated rings. The van der Waals surface area contributed by atoms with Crippen LogP contribution in [0.25, 0.3) is 0 Å². The highest BCUT2D eigenvalue weighted by Gasteiger charge is 2.12. The Hall–Kier alpha value is -1.10. The number of nitrogens with one attached hydrogen (secondary N) is 3. The Balaban J connectivity index is 3.70. The fourth-order valence-electron chi connectivity index (χ4n) is 1.05. The van der Waals surface area contributed by atoms with Crippen molar-refractivity contribution in [3.05, 3.63) is 0 Å². The summed E-state index contributed by atoms with van der Waals surface area (Å²) in [6.07, 6.45) is 0. The molecule has 3 N–H and O–H groups in total. The predicted molar refractivity (Wildman–Crippen MR) is 64.0 cm³/mol. The standard InChI is InChI=1S/C11H23N3O2/c1-5-12-11(16)9(4)13-7-10(15)14-6-8(2)3/h8-9,13H,5-7H2,1-4H3,(H,12,16)(H,14,15). The minimum Gasteiger partial charge on any atom is -0.355 e. The molecule has 0 aliphatic heterocycles. The van der Waals surface area contributed by atoms with Gasteiger partial charge in [-0.3, -0.25) is 14.9 Å². The van der Waals surface area contributed by atoms with Gasteiger partial charge in [0, 0.05) is 13.1 Å². The third kappa shape index (κ3) is 7.23. The first-order valence-electron chi connectivity index (χ1n) is 5.75. The Morgan fingerprint density at radius 3 is 2.25 bits per heavy atom. The summed E-state index contributed by atoms with van der Waals surface area (Å²) in [4.78, 5) is 22.6. The highest BCUT2D eigenvalue weighted by molar-refractivity contribution is 5.83. The van der Waals surface area contributed by atoms with Crippen molar-refractivity contribution in [2.75, 3.05) is 19.6 Å². The molecule has 5 heteroatoms. The van der Waals surface area contributed by atoms with E-state index in [-0.39, 0.29) is 24.4 Å². The minimum absolute atomic E-state index is 0.0788. The maximum absolute atomic E-state index is 11.3. The van der Waals surface area contributed by atoms with E-state index >= 15 is 0 Å². The van der Waals surface area contributed by atoms with Gasteiger partial charge < -0.3 is 10.6 Å². The zero-order valence-electron chi connectivity index (χ0n) is 10.6. The molecule has 0 spiro atoms. The van der Waals surface area contributed by atoms with E-state index in [1.165, 1.54) is 0 Å². The molecule has 0 aliphatic rings. The van der Waals surface area contributed by atoms with Crippen LogP contribution in [0.1, 0.15) is 27.7 Å². The quantitative estimate of drug-likeness (QED) is 0.569. The van der Waals surface area contributed by atoms with Crippen LogP contribution in [0, 0.1) is 5.92 Å². The lowest BCUT2D eigenvalue weighted by atomic mass is 10.2. The van der Waals surface area contributed by atoms with Gasteiger partial charge in [-0.25, -0.2) is 0 Å². The molecule has 2 amide bonds. The van der Waals surface area contributed by atoms with Gasteiger partial charge in [-0.2, -0.15) is 0 Å². The SMILES string of the molecule is CCNC(=O)C(C)NCC(=O)NCC(C)C. The van der Waals surface area contributed by atoms with Crippen molar-refractivity contribution in [2.45, 2.75) is 33.7 Å². The summed E-state index contributed by atoms with van der Waals surface area (Å²) in [5.74, 6) is 0.272. The van der Waals surface area contributed by atoms with Crippen LogP contribution in [-0.4, -0.2) is 37.5 Å².